The molecule has 2 amide bonds. The van der Waals surface area contributed by atoms with Gasteiger partial charge in [0.25, 0.3) is 5.56 Å². The van der Waals surface area contributed by atoms with Gasteiger partial charge in [-0.3, -0.25) is 19.1 Å². The Morgan fingerprint density at radius 1 is 1.03 bits per heavy atom. The van der Waals surface area contributed by atoms with Crippen molar-refractivity contribution in [2.24, 2.45) is 13.0 Å². The Balaban J connectivity index is 1.54. The summed E-state index contributed by atoms with van der Waals surface area (Å²) in [7, 11) is 1.67. The highest BCUT2D eigenvalue weighted by atomic mass is 16.2. The molecule has 1 aromatic heterocycles. The van der Waals surface area contributed by atoms with E-state index in [1.165, 1.54) is 10.2 Å². The third-order valence-electron chi connectivity index (χ3n) is 5.89. The third-order valence-corrected chi connectivity index (χ3v) is 5.89. The Kier molecular flexibility index (Phi) is 5.50. The van der Waals surface area contributed by atoms with Crippen molar-refractivity contribution in [2.45, 2.75) is 26.7 Å². The molecule has 0 bridgehead atoms. The highest BCUT2D eigenvalue weighted by Crippen LogP contribution is 2.27. The van der Waals surface area contributed by atoms with Gasteiger partial charge in [-0.05, 0) is 43.2 Å². The minimum Gasteiger partial charge on any atom is -0.320 e. The van der Waals surface area contributed by atoms with Crippen LogP contribution in [-0.2, 0) is 23.1 Å². The van der Waals surface area contributed by atoms with Gasteiger partial charge in [0.05, 0.1) is 17.3 Å². The topological polar surface area (TPSA) is 76.3 Å². The normalized spacial score (nSPS) is 16.0. The Labute approximate surface area is 180 Å². The van der Waals surface area contributed by atoms with Crippen LogP contribution in [0.2, 0.25) is 0 Å². The average molecular weight is 418 g/mol. The molecule has 0 spiro atoms. The van der Waals surface area contributed by atoms with Gasteiger partial charge in [-0.25, -0.2) is 4.68 Å². The number of carbonyl (C=O) groups is 2. The van der Waals surface area contributed by atoms with E-state index in [1.807, 2.05) is 54.6 Å². The number of para-hydroxylation sites is 1. The number of aryl methyl sites for hydroxylation is 1. The Hall–Kier alpha value is -3.61. The predicted octanol–water partition coefficient (Wildman–Crippen LogP) is 3.04. The van der Waals surface area contributed by atoms with Crippen molar-refractivity contribution >= 4 is 23.2 Å². The van der Waals surface area contributed by atoms with Crippen LogP contribution < -0.4 is 15.8 Å². The molecule has 0 aliphatic carbocycles. The van der Waals surface area contributed by atoms with Gasteiger partial charge in [-0.1, -0.05) is 37.3 Å². The monoisotopic (exact) mass is 418 g/mol. The lowest BCUT2D eigenvalue weighted by molar-refractivity contribution is -0.122. The van der Waals surface area contributed by atoms with E-state index in [2.05, 4.69) is 12.2 Å². The van der Waals surface area contributed by atoms with Crippen molar-refractivity contribution in [3.8, 4) is 5.69 Å². The lowest BCUT2D eigenvalue weighted by Crippen LogP contribution is -2.29. The fourth-order valence-corrected chi connectivity index (χ4v) is 4.09. The fourth-order valence-electron chi connectivity index (χ4n) is 4.09. The predicted molar refractivity (Wildman–Crippen MR) is 121 cm³/mol. The second kappa shape index (κ2) is 8.26. The molecule has 7 heteroatoms. The van der Waals surface area contributed by atoms with E-state index in [4.69, 9.17) is 0 Å². The van der Waals surface area contributed by atoms with Gasteiger partial charge in [0.15, 0.2) is 0 Å². The van der Waals surface area contributed by atoms with Crippen LogP contribution in [0.15, 0.2) is 59.4 Å². The van der Waals surface area contributed by atoms with Crippen LogP contribution in [-0.4, -0.2) is 27.7 Å². The zero-order valence-corrected chi connectivity index (χ0v) is 18.0. The van der Waals surface area contributed by atoms with E-state index in [1.54, 1.807) is 23.6 Å². The number of aromatic nitrogens is 2. The maximum absolute atomic E-state index is 13.0. The summed E-state index contributed by atoms with van der Waals surface area (Å²) in [5.41, 5.74) is 3.42. The molecule has 2 aromatic carbocycles. The molecule has 1 atom stereocenters. The molecule has 1 aliphatic rings. The van der Waals surface area contributed by atoms with Crippen molar-refractivity contribution < 1.29 is 9.59 Å². The molecular formula is C24H26N4O3. The molecule has 1 fully saturated rings. The first-order valence-corrected chi connectivity index (χ1v) is 10.4. The standard InChI is InChI=1S/C24H26N4O3/c1-4-17-10-12-19(13-11-17)27-15-18(14-21(27)29)23(30)25-22-16(2)28(26(3)24(22)31)20-8-6-5-7-9-20/h5-13,18H,4,14-15H2,1-3H3,(H,25,30)/t18-/m1/s1. The van der Waals surface area contributed by atoms with E-state index in [-0.39, 0.29) is 29.5 Å². The zero-order valence-electron chi connectivity index (χ0n) is 18.0. The summed E-state index contributed by atoms with van der Waals surface area (Å²) in [6.45, 7) is 4.17. The molecule has 160 valence electrons. The molecule has 1 aliphatic heterocycles. The number of hydrogen-bond acceptors (Lipinski definition) is 3. The highest BCUT2D eigenvalue weighted by Gasteiger charge is 2.36. The van der Waals surface area contributed by atoms with Crippen LogP contribution in [0.3, 0.4) is 0 Å². The molecular weight excluding hydrogens is 392 g/mol. The van der Waals surface area contributed by atoms with Crippen LogP contribution in [0.1, 0.15) is 24.6 Å². The number of nitrogens with one attached hydrogen (secondary N) is 1. The number of carbonyl (C=O) groups excluding carboxylic acids is 2. The summed E-state index contributed by atoms with van der Waals surface area (Å²) in [6, 6.07) is 17.3. The number of benzene rings is 2. The van der Waals surface area contributed by atoms with E-state index in [9.17, 15) is 14.4 Å². The van der Waals surface area contributed by atoms with Gasteiger partial charge in [-0.15, -0.1) is 0 Å². The molecule has 7 nitrogen and oxygen atoms in total. The summed E-state index contributed by atoms with van der Waals surface area (Å²) in [5.74, 6) is -0.912. The lowest BCUT2D eigenvalue weighted by atomic mass is 10.1. The van der Waals surface area contributed by atoms with Crippen LogP contribution in [0.4, 0.5) is 11.4 Å². The Morgan fingerprint density at radius 2 is 1.71 bits per heavy atom. The molecule has 3 aromatic rings. The van der Waals surface area contributed by atoms with E-state index >= 15 is 0 Å². The van der Waals surface area contributed by atoms with Crippen molar-refractivity contribution in [1.82, 2.24) is 9.36 Å². The Morgan fingerprint density at radius 3 is 2.35 bits per heavy atom. The van der Waals surface area contributed by atoms with Crippen molar-refractivity contribution in [2.75, 3.05) is 16.8 Å². The number of amides is 2. The first-order chi connectivity index (χ1) is 14.9. The van der Waals surface area contributed by atoms with E-state index < -0.39 is 5.92 Å². The zero-order chi connectivity index (χ0) is 22.1. The number of anilines is 2. The summed E-state index contributed by atoms with van der Waals surface area (Å²) in [4.78, 5) is 39.9. The van der Waals surface area contributed by atoms with Crippen LogP contribution in [0, 0.1) is 12.8 Å². The smallest absolute Gasteiger partial charge is 0.290 e. The maximum Gasteiger partial charge on any atom is 0.290 e. The van der Waals surface area contributed by atoms with Crippen molar-refractivity contribution in [3.05, 3.63) is 76.2 Å². The van der Waals surface area contributed by atoms with Crippen molar-refractivity contribution in [3.63, 3.8) is 0 Å². The summed E-state index contributed by atoms with van der Waals surface area (Å²) in [5, 5.41) is 2.79. The second-order valence-corrected chi connectivity index (χ2v) is 7.85. The van der Waals surface area contributed by atoms with Gasteiger partial charge >= 0.3 is 0 Å². The first kappa shape index (κ1) is 20.7. The number of rotatable bonds is 5. The third kappa shape index (κ3) is 3.79. The van der Waals surface area contributed by atoms with Gasteiger partial charge in [0, 0.05) is 25.7 Å². The first-order valence-electron chi connectivity index (χ1n) is 10.4. The van der Waals surface area contributed by atoms with Crippen LogP contribution >= 0.6 is 0 Å². The molecule has 1 N–H and O–H groups in total. The van der Waals surface area contributed by atoms with Crippen molar-refractivity contribution in [1.29, 1.82) is 0 Å². The molecule has 0 unspecified atom stereocenters. The van der Waals surface area contributed by atoms with Crippen LogP contribution in [0.25, 0.3) is 5.69 Å². The van der Waals surface area contributed by atoms with E-state index in [0.29, 0.717) is 12.2 Å². The maximum atomic E-state index is 13.0. The minimum absolute atomic E-state index is 0.0871. The largest absolute Gasteiger partial charge is 0.320 e. The highest BCUT2D eigenvalue weighted by molar-refractivity contribution is 6.03. The van der Waals surface area contributed by atoms with Gasteiger partial charge in [0.2, 0.25) is 11.8 Å². The second-order valence-electron chi connectivity index (χ2n) is 7.85. The summed E-state index contributed by atoms with van der Waals surface area (Å²) in [6.07, 6.45) is 1.05. The lowest BCUT2D eigenvalue weighted by Gasteiger charge is -2.17. The van der Waals surface area contributed by atoms with Gasteiger partial charge < -0.3 is 10.2 Å². The minimum atomic E-state index is -0.512. The molecule has 0 saturated carbocycles. The summed E-state index contributed by atoms with van der Waals surface area (Å²) >= 11 is 0. The van der Waals surface area contributed by atoms with Gasteiger partial charge in [-0.2, -0.15) is 0 Å². The summed E-state index contributed by atoms with van der Waals surface area (Å²) < 4.78 is 3.24. The molecule has 0 radical (unpaired) electrons. The fraction of sp³-hybridized carbons (Fsp3) is 0.292. The molecule has 1 saturated heterocycles. The quantitative estimate of drug-likeness (QED) is 0.692. The number of nitrogens with zero attached hydrogens (tertiary/aromatic N) is 3. The van der Waals surface area contributed by atoms with Gasteiger partial charge in [0.1, 0.15) is 5.69 Å². The SMILES string of the molecule is CCc1ccc(N2C[C@H](C(=O)Nc3c(C)n(-c4ccccc4)n(C)c3=O)CC2=O)cc1. The molecule has 4 rings (SSSR count). The molecule has 31 heavy (non-hydrogen) atoms. The Bertz CT molecular complexity index is 1180. The molecule has 2 heterocycles. The van der Waals surface area contributed by atoms with E-state index in [0.717, 1.165) is 17.8 Å². The number of hydrogen-bond donors (Lipinski definition) is 1. The van der Waals surface area contributed by atoms with Crippen LogP contribution in [0.5, 0.6) is 0 Å². The average Bonchev–Trinajstić information content (AvgIpc) is 3.27.